The zero-order valence-electron chi connectivity index (χ0n) is 23.9. The number of likely N-dealkylation sites (tertiary alicyclic amines) is 2. The van der Waals surface area contributed by atoms with Gasteiger partial charge in [0.2, 0.25) is 0 Å². The van der Waals surface area contributed by atoms with E-state index in [0.29, 0.717) is 23.4 Å². The zero-order chi connectivity index (χ0) is 28.9. The molecule has 8 nitrogen and oxygen atoms in total. The number of benzene rings is 2. The number of thiazole rings is 1. The van der Waals surface area contributed by atoms with Crippen LogP contribution in [0.3, 0.4) is 0 Å². The molecule has 10 heteroatoms. The van der Waals surface area contributed by atoms with Crippen molar-refractivity contribution in [3.63, 3.8) is 0 Å². The molecule has 2 aromatic carbocycles. The molecule has 1 atom stereocenters. The summed E-state index contributed by atoms with van der Waals surface area (Å²) in [5, 5.41) is 3.17. The van der Waals surface area contributed by atoms with E-state index in [9.17, 15) is 9.59 Å². The largest absolute Gasteiger partial charge is 0.444 e. The van der Waals surface area contributed by atoms with E-state index in [-0.39, 0.29) is 29.9 Å². The number of aromatic nitrogens is 2. The van der Waals surface area contributed by atoms with Crippen LogP contribution < -0.4 is 5.32 Å². The highest BCUT2D eigenvalue weighted by molar-refractivity contribution is 7.23. The zero-order valence-corrected chi connectivity index (χ0v) is 24.8. The fraction of sp³-hybridized carbons (Fsp3) is 0.452. The maximum Gasteiger partial charge on any atom is 0.410 e. The van der Waals surface area contributed by atoms with Crippen molar-refractivity contribution < 1.29 is 18.7 Å². The fourth-order valence-corrected chi connectivity index (χ4v) is 6.84. The molecule has 4 aromatic rings. The SMILES string of the molecule is CN1CCC(NC(=O)c2ccc3c(c2)sc2nc(-c4ccc([C@@H]5CCCN5C(=O)OC(C)(C)C)cc4F)cn23)CC1. The van der Waals surface area contributed by atoms with E-state index in [0.717, 1.165) is 59.5 Å². The first kappa shape index (κ1) is 27.7. The van der Waals surface area contributed by atoms with Crippen molar-refractivity contribution in [2.45, 2.75) is 64.1 Å². The summed E-state index contributed by atoms with van der Waals surface area (Å²) in [4.78, 5) is 35.1. The number of nitrogens with one attached hydrogen (secondary N) is 1. The van der Waals surface area contributed by atoms with Crippen LogP contribution in [0, 0.1) is 5.82 Å². The second kappa shape index (κ2) is 10.7. The Morgan fingerprint density at radius 3 is 2.59 bits per heavy atom. The van der Waals surface area contributed by atoms with Crippen molar-refractivity contribution in [1.82, 2.24) is 24.5 Å². The number of halogens is 1. The molecule has 2 aromatic heterocycles. The fourth-order valence-electron chi connectivity index (χ4n) is 5.79. The molecule has 1 N–H and O–H groups in total. The highest BCUT2D eigenvalue weighted by Crippen LogP contribution is 2.36. The first-order valence-electron chi connectivity index (χ1n) is 14.3. The molecular weight excluding hydrogens is 541 g/mol. The summed E-state index contributed by atoms with van der Waals surface area (Å²) in [6.45, 7) is 8.10. The molecule has 41 heavy (non-hydrogen) atoms. The lowest BCUT2D eigenvalue weighted by molar-refractivity contribution is 0.0224. The Labute approximate surface area is 243 Å². The standard InChI is InChI=1S/C31H36FN5O3S/c1-31(2,3)40-30(39)36-13-5-6-25(36)19-7-9-22(23(32)16-19)24-18-37-26-10-8-20(17-27(26)41-29(37)34-24)28(38)33-21-11-14-35(4)15-12-21/h7-10,16-18,21,25H,5-6,11-15H2,1-4H3,(H,33,38)/t25-/m0/s1. The number of piperidine rings is 1. The molecule has 0 bridgehead atoms. The maximum absolute atomic E-state index is 15.5. The Morgan fingerprint density at radius 2 is 1.85 bits per heavy atom. The van der Waals surface area contributed by atoms with Gasteiger partial charge in [0.1, 0.15) is 11.4 Å². The van der Waals surface area contributed by atoms with Gasteiger partial charge in [0, 0.05) is 29.9 Å². The van der Waals surface area contributed by atoms with E-state index >= 15 is 4.39 Å². The molecule has 2 amide bonds. The van der Waals surface area contributed by atoms with Crippen molar-refractivity contribution in [2.24, 2.45) is 0 Å². The van der Waals surface area contributed by atoms with E-state index in [1.54, 1.807) is 11.0 Å². The minimum absolute atomic E-state index is 0.0529. The van der Waals surface area contributed by atoms with E-state index < -0.39 is 5.60 Å². The van der Waals surface area contributed by atoms with Gasteiger partial charge < -0.3 is 19.9 Å². The number of rotatable bonds is 4. The Morgan fingerprint density at radius 1 is 1.07 bits per heavy atom. The predicted molar refractivity (Wildman–Crippen MR) is 159 cm³/mol. The van der Waals surface area contributed by atoms with Gasteiger partial charge in [0.15, 0.2) is 4.96 Å². The molecule has 4 heterocycles. The van der Waals surface area contributed by atoms with Crippen LogP contribution in [0.25, 0.3) is 26.4 Å². The molecule has 2 aliphatic heterocycles. The third-order valence-electron chi connectivity index (χ3n) is 7.94. The Kier molecular flexibility index (Phi) is 7.23. The van der Waals surface area contributed by atoms with Crippen molar-refractivity contribution >= 4 is 38.5 Å². The summed E-state index contributed by atoms with van der Waals surface area (Å²) >= 11 is 1.48. The number of hydrogen-bond donors (Lipinski definition) is 1. The third kappa shape index (κ3) is 5.67. The third-order valence-corrected chi connectivity index (χ3v) is 8.96. The molecule has 216 valence electrons. The van der Waals surface area contributed by atoms with Crippen molar-refractivity contribution in [2.75, 3.05) is 26.7 Å². The molecule has 0 radical (unpaired) electrons. The molecule has 6 rings (SSSR count). The molecule has 0 saturated carbocycles. The monoisotopic (exact) mass is 577 g/mol. The number of fused-ring (bicyclic) bond motifs is 3. The summed E-state index contributed by atoms with van der Waals surface area (Å²) in [7, 11) is 2.10. The summed E-state index contributed by atoms with van der Waals surface area (Å²) < 4.78 is 23.9. The van der Waals surface area contributed by atoms with Crippen LogP contribution in [0.5, 0.6) is 0 Å². The first-order valence-corrected chi connectivity index (χ1v) is 15.1. The summed E-state index contributed by atoms with van der Waals surface area (Å²) in [6, 6.07) is 10.8. The lowest BCUT2D eigenvalue weighted by Gasteiger charge is -2.29. The van der Waals surface area contributed by atoms with Gasteiger partial charge in [-0.25, -0.2) is 14.2 Å². The van der Waals surface area contributed by atoms with Crippen molar-refractivity contribution in [3.8, 4) is 11.3 Å². The smallest absolute Gasteiger partial charge is 0.410 e. The van der Waals surface area contributed by atoms with Gasteiger partial charge in [-0.15, -0.1) is 0 Å². The second-order valence-electron chi connectivity index (χ2n) is 12.2. The number of ether oxygens (including phenoxy) is 1. The maximum atomic E-state index is 15.5. The first-order chi connectivity index (χ1) is 19.6. The van der Waals surface area contributed by atoms with Gasteiger partial charge in [-0.2, -0.15) is 0 Å². The van der Waals surface area contributed by atoms with Gasteiger partial charge >= 0.3 is 6.09 Å². The molecule has 0 unspecified atom stereocenters. The van der Waals surface area contributed by atoms with Crippen LogP contribution in [0.2, 0.25) is 0 Å². The van der Waals surface area contributed by atoms with Gasteiger partial charge in [-0.1, -0.05) is 17.4 Å². The molecule has 0 spiro atoms. The molecule has 2 fully saturated rings. The van der Waals surface area contributed by atoms with Crippen LogP contribution in [0.4, 0.5) is 9.18 Å². The van der Waals surface area contributed by atoms with Crippen molar-refractivity contribution in [3.05, 3.63) is 59.5 Å². The second-order valence-corrected chi connectivity index (χ2v) is 13.2. The minimum Gasteiger partial charge on any atom is -0.444 e. The van der Waals surface area contributed by atoms with E-state index in [1.165, 1.54) is 17.4 Å². The van der Waals surface area contributed by atoms with E-state index in [4.69, 9.17) is 9.72 Å². The highest BCUT2D eigenvalue weighted by Gasteiger charge is 2.33. The number of nitrogens with zero attached hydrogens (tertiary/aromatic N) is 4. The number of hydrogen-bond acceptors (Lipinski definition) is 6. The lowest BCUT2D eigenvalue weighted by atomic mass is 10.0. The number of amides is 2. The van der Waals surface area contributed by atoms with Crippen LogP contribution in [0.1, 0.15) is 68.4 Å². The summed E-state index contributed by atoms with van der Waals surface area (Å²) in [5.41, 5.74) is 2.69. The van der Waals surface area contributed by atoms with Crippen molar-refractivity contribution in [1.29, 1.82) is 0 Å². The average molecular weight is 578 g/mol. The Bertz CT molecular complexity index is 1620. The normalized spacial score (nSPS) is 18.9. The van der Waals surface area contributed by atoms with Gasteiger partial charge in [0.05, 0.1) is 22.0 Å². The average Bonchev–Trinajstić information content (AvgIpc) is 3.63. The topological polar surface area (TPSA) is 79.2 Å². The molecular formula is C31H36FN5O3S. The van der Waals surface area contributed by atoms with Gasteiger partial charge in [-0.3, -0.25) is 9.20 Å². The lowest BCUT2D eigenvalue weighted by Crippen LogP contribution is -2.43. The molecule has 0 aliphatic carbocycles. The van der Waals surface area contributed by atoms with E-state index in [2.05, 4.69) is 17.3 Å². The van der Waals surface area contributed by atoms with Crippen LogP contribution >= 0.6 is 11.3 Å². The van der Waals surface area contributed by atoms with Crippen LogP contribution in [0.15, 0.2) is 42.6 Å². The van der Waals surface area contributed by atoms with E-state index in [1.807, 2.05) is 55.6 Å². The number of carbonyl (C=O) groups is 2. The molecule has 2 aliphatic rings. The Hall–Kier alpha value is -3.50. The number of imidazole rings is 1. The van der Waals surface area contributed by atoms with Gasteiger partial charge in [0.25, 0.3) is 5.91 Å². The van der Waals surface area contributed by atoms with Crippen LogP contribution in [-0.2, 0) is 4.74 Å². The summed E-state index contributed by atoms with van der Waals surface area (Å²) in [6.07, 6.45) is 5.00. The molecule has 2 saturated heterocycles. The van der Waals surface area contributed by atoms with Gasteiger partial charge in [-0.05, 0) is 102 Å². The predicted octanol–water partition coefficient (Wildman–Crippen LogP) is 6.25. The highest BCUT2D eigenvalue weighted by atomic mass is 32.1. The quantitative estimate of drug-likeness (QED) is 0.310. The Balaban J connectivity index is 1.20. The minimum atomic E-state index is -0.585. The van der Waals surface area contributed by atoms with Crippen LogP contribution in [-0.4, -0.2) is 69.5 Å². The summed E-state index contributed by atoms with van der Waals surface area (Å²) in [5.74, 6) is -0.427. The number of carbonyl (C=O) groups excluding carboxylic acids is 2.